The van der Waals surface area contributed by atoms with Gasteiger partial charge in [0.1, 0.15) is 11.4 Å². The van der Waals surface area contributed by atoms with Crippen LogP contribution in [0.1, 0.15) is 60.9 Å². The maximum Gasteiger partial charge on any atom is 0.337 e. The number of nitrogens with zero attached hydrogens (tertiary/aromatic N) is 2. The summed E-state index contributed by atoms with van der Waals surface area (Å²) in [5.74, 6) is -0.0638. The van der Waals surface area contributed by atoms with E-state index >= 15 is 0 Å². The van der Waals surface area contributed by atoms with Gasteiger partial charge in [0, 0.05) is 40.0 Å². The zero-order chi connectivity index (χ0) is 32.6. The third kappa shape index (κ3) is 6.30. The van der Waals surface area contributed by atoms with Crippen molar-refractivity contribution in [3.63, 3.8) is 0 Å². The third-order valence-corrected chi connectivity index (χ3v) is 9.09. The normalized spacial score (nSPS) is 11.2. The van der Waals surface area contributed by atoms with Crippen LogP contribution in [0.3, 0.4) is 0 Å². The van der Waals surface area contributed by atoms with Crippen molar-refractivity contribution in [1.82, 2.24) is 14.8 Å². The highest BCUT2D eigenvalue weighted by molar-refractivity contribution is 6.35. The number of anilines is 1. The van der Waals surface area contributed by atoms with Crippen LogP contribution in [0.25, 0.3) is 22.0 Å². The zero-order valence-electron chi connectivity index (χ0n) is 26.4. The summed E-state index contributed by atoms with van der Waals surface area (Å²) < 4.78 is 12.8. The summed E-state index contributed by atoms with van der Waals surface area (Å²) in [5.41, 5.74) is 9.10. The Balaban J connectivity index is 1.54. The Morgan fingerprint density at radius 2 is 1.67 bits per heavy atom. The number of aryl methyl sites for hydroxylation is 6. The molecule has 3 aromatic carbocycles. The van der Waals surface area contributed by atoms with Gasteiger partial charge in [-0.3, -0.25) is 9.48 Å². The Morgan fingerprint density at radius 1 is 0.956 bits per heavy atom. The molecule has 234 valence electrons. The van der Waals surface area contributed by atoms with Crippen molar-refractivity contribution in [2.24, 2.45) is 7.05 Å². The van der Waals surface area contributed by atoms with Crippen molar-refractivity contribution in [1.29, 1.82) is 0 Å². The number of esters is 1. The van der Waals surface area contributed by atoms with Crippen molar-refractivity contribution < 1.29 is 19.1 Å². The van der Waals surface area contributed by atoms with Gasteiger partial charge in [-0.25, -0.2) is 4.79 Å². The third-order valence-electron chi connectivity index (χ3n) is 8.17. The lowest BCUT2D eigenvalue weighted by molar-refractivity contribution is 0.0600. The summed E-state index contributed by atoms with van der Waals surface area (Å²) in [4.78, 5) is 29.6. The second-order valence-electron chi connectivity index (χ2n) is 11.3. The van der Waals surface area contributed by atoms with E-state index in [1.165, 1.54) is 7.11 Å². The van der Waals surface area contributed by atoms with Crippen LogP contribution in [0.5, 0.6) is 5.75 Å². The highest BCUT2D eigenvalue weighted by Crippen LogP contribution is 2.40. The first kappa shape index (κ1) is 32.1. The largest absolute Gasteiger partial charge is 0.494 e. The lowest BCUT2D eigenvalue weighted by atomic mass is 9.98. The molecule has 0 atom stereocenters. The Morgan fingerprint density at radius 3 is 2.31 bits per heavy atom. The van der Waals surface area contributed by atoms with Gasteiger partial charge in [-0.1, -0.05) is 35.3 Å². The maximum atomic E-state index is 14.0. The second-order valence-corrected chi connectivity index (χ2v) is 12.1. The van der Waals surface area contributed by atoms with Crippen LogP contribution < -0.4 is 10.1 Å². The second kappa shape index (κ2) is 13.0. The first-order chi connectivity index (χ1) is 21.4. The van der Waals surface area contributed by atoms with Crippen LogP contribution in [0, 0.1) is 34.6 Å². The fraction of sp³-hybridized carbons (Fsp3) is 0.286. The Labute approximate surface area is 272 Å². The number of hydrogen-bond acceptors (Lipinski definition) is 5. The van der Waals surface area contributed by atoms with Crippen molar-refractivity contribution >= 4 is 51.7 Å². The minimum atomic E-state index is -0.482. The van der Waals surface area contributed by atoms with E-state index in [0.717, 1.165) is 66.4 Å². The number of hydrogen-bond donors (Lipinski definition) is 2. The van der Waals surface area contributed by atoms with E-state index < -0.39 is 5.97 Å². The number of ether oxygens (including phenoxy) is 2. The number of rotatable bonds is 9. The molecule has 10 heteroatoms. The zero-order valence-corrected chi connectivity index (χ0v) is 28.0. The molecule has 1 amide bonds. The van der Waals surface area contributed by atoms with Crippen LogP contribution in [0.15, 0.2) is 42.5 Å². The minimum absolute atomic E-state index is 0.335. The van der Waals surface area contributed by atoms with Crippen LogP contribution in [-0.4, -0.2) is 40.4 Å². The van der Waals surface area contributed by atoms with Gasteiger partial charge in [-0.15, -0.1) is 0 Å². The number of benzene rings is 3. The molecule has 0 aliphatic carbocycles. The van der Waals surface area contributed by atoms with Crippen molar-refractivity contribution in [3.8, 4) is 16.9 Å². The molecule has 2 heterocycles. The standard InChI is InChI=1S/C35H36Cl2N4O4/c1-18-10-11-23(35(43)44-7)17-28(18)38-34(42)33-25(9-8-14-45-24-15-19(2)31(37)20(3)16-24)26-12-13-27(36)30(32(26)39-33)29-21(4)40-41(6)22(29)5/h10-13,15-17,39H,8-9,14H2,1-7H3,(H,38,42). The summed E-state index contributed by atoms with van der Waals surface area (Å²) in [6, 6.07) is 12.7. The number of nitrogens with one attached hydrogen (secondary N) is 2. The van der Waals surface area contributed by atoms with Gasteiger partial charge in [0.05, 0.1) is 35.5 Å². The summed E-state index contributed by atoms with van der Waals surface area (Å²) in [7, 11) is 3.22. The Hall–Kier alpha value is -4.27. The number of H-pyrrole nitrogens is 1. The molecule has 0 spiro atoms. The number of amides is 1. The van der Waals surface area contributed by atoms with E-state index in [1.807, 2.05) is 70.6 Å². The predicted molar refractivity (Wildman–Crippen MR) is 180 cm³/mol. The predicted octanol–water partition coefficient (Wildman–Crippen LogP) is 8.47. The average Bonchev–Trinajstić information content (AvgIpc) is 3.49. The van der Waals surface area contributed by atoms with Gasteiger partial charge >= 0.3 is 5.97 Å². The molecule has 0 unspecified atom stereocenters. The van der Waals surface area contributed by atoms with Gasteiger partial charge in [-0.05, 0) is 100 Å². The number of halogens is 2. The van der Waals surface area contributed by atoms with Crippen LogP contribution in [0.4, 0.5) is 5.69 Å². The van der Waals surface area contributed by atoms with Gasteiger partial charge in [-0.2, -0.15) is 5.10 Å². The van der Waals surface area contributed by atoms with Gasteiger partial charge in [0.15, 0.2) is 0 Å². The highest BCUT2D eigenvalue weighted by Gasteiger charge is 2.25. The van der Waals surface area contributed by atoms with Crippen LogP contribution in [0.2, 0.25) is 10.0 Å². The number of carbonyl (C=O) groups is 2. The van der Waals surface area contributed by atoms with Crippen molar-refractivity contribution in [2.75, 3.05) is 19.0 Å². The van der Waals surface area contributed by atoms with Crippen LogP contribution >= 0.6 is 23.2 Å². The average molecular weight is 648 g/mol. The number of aromatic nitrogens is 3. The molecule has 0 aliphatic rings. The molecule has 0 saturated carbocycles. The van der Waals surface area contributed by atoms with Gasteiger partial charge in [0.2, 0.25) is 0 Å². The topological polar surface area (TPSA) is 98.2 Å². The van der Waals surface area contributed by atoms with E-state index in [9.17, 15) is 9.59 Å². The first-order valence-corrected chi connectivity index (χ1v) is 15.4. The number of methoxy groups -OCH3 is 1. The molecule has 0 saturated heterocycles. The molecule has 45 heavy (non-hydrogen) atoms. The molecule has 5 aromatic rings. The Bertz CT molecular complexity index is 1930. The smallest absolute Gasteiger partial charge is 0.337 e. The molecule has 2 aromatic heterocycles. The molecular formula is C35H36Cl2N4O4. The van der Waals surface area contributed by atoms with Gasteiger partial charge in [0.25, 0.3) is 5.91 Å². The lowest BCUT2D eigenvalue weighted by Crippen LogP contribution is -2.16. The SMILES string of the molecule is COC(=O)c1ccc(C)c(NC(=O)c2[nH]c3c(-c4c(C)nn(C)c4C)c(Cl)ccc3c2CCCOc2cc(C)c(Cl)c(C)c2)c1. The van der Waals surface area contributed by atoms with Crippen molar-refractivity contribution in [3.05, 3.63) is 97.4 Å². The highest BCUT2D eigenvalue weighted by atomic mass is 35.5. The molecular weight excluding hydrogens is 611 g/mol. The van der Waals surface area contributed by atoms with E-state index in [2.05, 4.69) is 15.4 Å². The lowest BCUT2D eigenvalue weighted by Gasteiger charge is -2.12. The number of aromatic amines is 1. The summed E-state index contributed by atoms with van der Waals surface area (Å²) >= 11 is 13.2. The molecule has 0 aliphatic heterocycles. The fourth-order valence-electron chi connectivity index (χ4n) is 5.74. The minimum Gasteiger partial charge on any atom is -0.494 e. The van der Waals surface area contributed by atoms with Crippen LogP contribution in [-0.2, 0) is 18.2 Å². The van der Waals surface area contributed by atoms with E-state index in [0.29, 0.717) is 41.4 Å². The van der Waals surface area contributed by atoms with E-state index in [4.69, 9.17) is 32.7 Å². The molecule has 0 bridgehead atoms. The molecule has 2 N–H and O–H groups in total. The van der Waals surface area contributed by atoms with Gasteiger partial charge < -0.3 is 19.8 Å². The van der Waals surface area contributed by atoms with E-state index in [-0.39, 0.29) is 5.91 Å². The molecule has 0 fully saturated rings. The summed E-state index contributed by atoms with van der Waals surface area (Å²) in [6.07, 6.45) is 1.20. The van der Waals surface area contributed by atoms with E-state index in [1.54, 1.807) is 18.2 Å². The molecule has 0 radical (unpaired) electrons. The quantitative estimate of drug-likeness (QED) is 0.124. The Kier molecular flexibility index (Phi) is 9.28. The summed E-state index contributed by atoms with van der Waals surface area (Å²) in [6.45, 7) is 10.2. The maximum absolute atomic E-state index is 14.0. The number of fused-ring (bicyclic) bond motifs is 1. The summed E-state index contributed by atoms with van der Waals surface area (Å²) in [5, 5.41) is 9.79. The first-order valence-electron chi connectivity index (χ1n) is 14.6. The number of carbonyl (C=O) groups excluding carboxylic acids is 2. The molecule has 8 nitrogen and oxygen atoms in total. The van der Waals surface area contributed by atoms with Crippen molar-refractivity contribution in [2.45, 2.75) is 47.5 Å². The molecule has 5 rings (SSSR count). The monoisotopic (exact) mass is 646 g/mol. The fourth-order valence-corrected chi connectivity index (χ4v) is 6.10.